The summed E-state index contributed by atoms with van der Waals surface area (Å²) in [5.41, 5.74) is 9.84. The zero-order valence-electron chi connectivity index (χ0n) is 14.4. The molecule has 0 radical (unpaired) electrons. The van der Waals surface area contributed by atoms with Crippen molar-refractivity contribution < 1.29 is 4.74 Å². The van der Waals surface area contributed by atoms with Gasteiger partial charge in [-0.3, -0.25) is 4.98 Å². The lowest BCUT2D eigenvalue weighted by atomic mass is 9.42. The zero-order chi connectivity index (χ0) is 17.5. The lowest BCUT2D eigenvalue weighted by molar-refractivity contribution is 0.487. The molecule has 0 saturated heterocycles. The maximum absolute atomic E-state index is 6.37. The average Bonchev–Trinajstić information content (AvgIpc) is 2.74. The van der Waals surface area contributed by atoms with Gasteiger partial charge in [0.25, 0.3) is 0 Å². The summed E-state index contributed by atoms with van der Waals surface area (Å²) in [5, 5.41) is 0. The number of rotatable bonds is 0. The molecule has 0 fully saturated rings. The van der Waals surface area contributed by atoms with Crippen LogP contribution >= 0.6 is 0 Å². The van der Waals surface area contributed by atoms with Gasteiger partial charge >= 0.3 is 6.85 Å². The van der Waals surface area contributed by atoms with Crippen LogP contribution in [0.4, 0.5) is 11.4 Å². The lowest BCUT2D eigenvalue weighted by Crippen LogP contribution is -2.61. The van der Waals surface area contributed by atoms with Crippen LogP contribution in [0.25, 0.3) is 22.3 Å². The Morgan fingerprint density at radius 1 is 0.667 bits per heavy atom. The van der Waals surface area contributed by atoms with Gasteiger partial charge < -0.3 is 9.55 Å². The Bertz CT molecular complexity index is 1190. The van der Waals surface area contributed by atoms with Crippen LogP contribution in [0.3, 0.4) is 0 Å². The van der Waals surface area contributed by atoms with E-state index in [9.17, 15) is 0 Å². The van der Waals surface area contributed by atoms with Crippen molar-refractivity contribution in [3.63, 3.8) is 0 Å². The fraction of sp³-hybridized carbons (Fsp3) is 0. The molecule has 4 heteroatoms. The molecule has 0 atom stereocenters. The number of hydrogen-bond donors (Lipinski definition) is 0. The van der Waals surface area contributed by atoms with Crippen LogP contribution in [0.5, 0.6) is 11.5 Å². The summed E-state index contributed by atoms with van der Waals surface area (Å²) in [6.07, 6.45) is 3.86. The van der Waals surface area contributed by atoms with Gasteiger partial charge in [-0.1, -0.05) is 42.5 Å². The Morgan fingerprint density at radius 2 is 1.33 bits per heavy atom. The fourth-order valence-corrected chi connectivity index (χ4v) is 4.94. The average molecular weight is 344 g/mol. The quantitative estimate of drug-likeness (QED) is 0.449. The van der Waals surface area contributed by atoms with E-state index in [1.807, 2.05) is 12.4 Å². The van der Waals surface area contributed by atoms with Gasteiger partial charge in [0.1, 0.15) is 11.5 Å². The molecule has 0 amide bonds. The molecule has 0 unspecified atom stereocenters. The third-order valence-corrected chi connectivity index (χ3v) is 5.96. The SMILES string of the molecule is c1ccc2c(c1)-c1cccc3c1B1c4c(cccc4-c4cnccc4N12)O3. The van der Waals surface area contributed by atoms with Crippen molar-refractivity contribution in [1.29, 1.82) is 0 Å². The molecule has 1 aromatic heterocycles. The van der Waals surface area contributed by atoms with Gasteiger partial charge in [-0.15, -0.1) is 0 Å². The van der Waals surface area contributed by atoms with Gasteiger partial charge in [-0.05, 0) is 35.4 Å². The molecule has 3 aliphatic rings. The van der Waals surface area contributed by atoms with Gasteiger partial charge in [-0.2, -0.15) is 0 Å². The molecule has 27 heavy (non-hydrogen) atoms. The van der Waals surface area contributed by atoms with Crippen molar-refractivity contribution in [2.24, 2.45) is 0 Å². The number of anilines is 2. The lowest BCUT2D eigenvalue weighted by Gasteiger charge is -2.45. The van der Waals surface area contributed by atoms with E-state index in [1.165, 1.54) is 39.0 Å². The van der Waals surface area contributed by atoms with Crippen molar-refractivity contribution in [1.82, 2.24) is 4.98 Å². The summed E-state index contributed by atoms with van der Waals surface area (Å²) < 4.78 is 6.37. The highest BCUT2D eigenvalue weighted by Crippen LogP contribution is 2.48. The number of aromatic nitrogens is 1. The molecule has 4 heterocycles. The zero-order valence-corrected chi connectivity index (χ0v) is 14.4. The summed E-state index contributed by atoms with van der Waals surface area (Å²) in [5.74, 6) is 1.90. The Balaban J connectivity index is 1.70. The molecule has 3 nitrogen and oxygen atoms in total. The topological polar surface area (TPSA) is 25.4 Å². The predicted octanol–water partition coefficient (Wildman–Crippen LogP) is 4.09. The van der Waals surface area contributed by atoms with Crippen LogP contribution in [-0.4, -0.2) is 11.8 Å². The number of hydrogen-bond acceptors (Lipinski definition) is 3. The van der Waals surface area contributed by atoms with Gasteiger partial charge in [0.15, 0.2) is 0 Å². The van der Waals surface area contributed by atoms with Gasteiger partial charge in [0, 0.05) is 45.8 Å². The van der Waals surface area contributed by atoms with E-state index in [0.717, 1.165) is 17.1 Å². The highest BCUT2D eigenvalue weighted by atomic mass is 16.5. The fourth-order valence-electron chi connectivity index (χ4n) is 4.94. The minimum absolute atomic E-state index is 0.126. The second-order valence-electron chi connectivity index (χ2n) is 7.22. The molecule has 124 valence electrons. The van der Waals surface area contributed by atoms with Crippen LogP contribution in [0.1, 0.15) is 0 Å². The predicted molar refractivity (Wildman–Crippen MR) is 109 cm³/mol. The molecule has 3 aromatic carbocycles. The summed E-state index contributed by atoms with van der Waals surface area (Å²) in [4.78, 5) is 6.88. The number of para-hydroxylation sites is 1. The van der Waals surface area contributed by atoms with E-state index in [0.29, 0.717) is 0 Å². The standard InChI is InChI=1S/C23H13BN2O/c1-2-8-18-14(5-1)15-6-3-9-20-22(15)24-23-16(7-4-10-21(23)27-20)17-13-25-12-11-19(17)26(18)24/h1-13H. The second kappa shape index (κ2) is 4.60. The van der Waals surface area contributed by atoms with E-state index in [4.69, 9.17) is 4.74 Å². The first-order chi connectivity index (χ1) is 13.4. The smallest absolute Gasteiger partial charge is 0.337 e. The third-order valence-electron chi connectivity index (χ3n) is 5.96. The molecule has 0 N–H and O–H groups in total. The van der Waals surface area contributed by atoms with Crippen LogP contribution < -0.4 is 20.5 Å². The van der Waals surface area contributed by atoms with E-state index in [1.54, 1.807) is 0 Å². The largest absolute Gasteiger partial charge is 0.458 e. The molecule has 0 bridgehead atoms. The monoisotopic (exact) mass is 344 g/mol. The number of nitrogens with zero attached hydrogens (tertiary/aromatic N) is 2. The number of fused-ring (bicyclic) bond motifs is 6. The normalized spacial score (nSPS) is 14.1. The highest BCUT2D eigenvalue weighted by molar-refractivity contribution is 6.94. The summed E-state index contributed by atoms with van der Waals surface area (Å²) >= 11 is 0. The molecule has 4 aromatic rings. The number of ether oxygens (including phenoxy) is 1. The number of pyridine rings is 1. The minimum atomic E-state index is 0.126. The first kappa shape index (κ1) is 13.6. The Morgan fingerprint density at radius 3 is 2.15 bits per heavy atom. The maximum Gasteiger partial charge on any atom is 0.337 e. The van der Waals surface area contributed by atoms with Crippen LogP contribution in [-0.2, 0) is 0 Å². The maximum atomic E-state index is 6.37. The molecule has 0 spiro atoms. The van der Waals surface area contributed by atoms with Crippen molar-refractivity contribution in [2.45, 2.75) is 0 Å². The molecule has 0 aliphatic carbocycles. The number of benzene rings is 3. The minimum Gasteiger partial charge on any atom is -0.458 e. The molecular formula is C23H13BN2O. The second-order valence-corrected chi connectivity index (χ2v) is 7.22. The summed E-state index contributed by atoms with van der Waals surface area (Å²) in [6, 6.07) is 23.5. The first-order valence-electron chi connectivity index (χ1n) is 9.18. The Labute approximate surface area is 157 Å². The van der Waals surface area contributed by atoms with E-state index < -0.39 is 0 Å². The van der Waals surface area contributed by atoms with Crippen molar-refractivity contribution in [3.8, 4) is 33.8 Å². The van der Waals surface area contributed by atoms with Crippen molar-refractivity contribution >= 4 is 29.1 Å². The van der Waals surface area contributed by atoms with Gasteiger partial charge in [-0.25, -0.2) is 0 Å². The van der Waals surface area contributed by atoms with Crippen molar-refractivity contribution in [2.75, 3.05) is 4.81 Å². The summed E-state index contributed by atoms with van der Waals surface area (Å²) in [6.45, 7) is 0.126. The molecular weight excluding hydrogens is 331 g/mol. The van der Waals surface area contributed by atoms with Crippen molar-refractivity contribution in [3.05, 3.63) is 79.1 Å². The Kier molecular flexibility index (Phi) is 2.32. The van der Waals surface area contributed by atoms with E-state index in [2.05, 4.69) is 76.5 Å². The molecule has 7 rings (SSSR count). The van der Waals surface area contributed by atoms with Gasteiger partial charge in [0.2, 0.25) is 0 Å². The van der Waals surface area contributed by atoms with E-state index in [-0.39, 0.29) is 6.85 Å². The van der Waals surface area contributed by atoms with E-state index >= 15 is 0 Å². The first-order valence-corrected chi connectivity index (χ1v) is 9.18. The molecule has 3 aliphatic heterocycles. The van der Waals surface area contributed by atoms with Crippen LogP contribution in [0.2, 0.25) is 0 Å². The van der Waals surface area contributed by atoms with Crippen LogP contribution in [0, 0.1) is 0 Å². The Hall–Kier alpha value is -3.53. The van der Waals surface area contributed by atoms with Crippen LogP contribution in [0.15, 0.2) is 79.1 Å². The van der Waals surface area contributed by atoms with Gasteiger partial charge in [0.05, 0.1) is 0 Å². The highest BCUT2D eigenvalue weighted by Gasteiger charge is 2.47. The third kappa shape index (κ3) is 1.53. The molecule has 0 saturated carbocycles. The summed E-state index contributed by atoms with van der Waals surface area (Å²) in [7, 11) is 0.